The normalized spacial score (nSPS) is 9.00. The van der Waals surface area contributed by atoms with Gasteiger partial charge in [-0.25, -0.2) is 0 Å². The van der Waals surface area contributed by atoms with E-state index in [9.17, 15) is 0 Å². The highest BCUT2D eigenvalue weighted by Crippen LogP contribution is 2.08. The minimum Gasteiger partial charge on any atom is -0.508 e. The van der Waals surface area contributed by atoms with Crippen molar-refractivity contribution in [1.29, 1.82) is 5.26 Å². The molecule has 0 saturated carbocycles. The number of phenolic OH excluding ortho intramolecular Hbond substituents is 1. The lowest BCUT2D eigenvalue weighted by molar-refractivity contribution is 0.475. The fraction of sp³-hybridized carbons (Fsp3) is 0.125. The van der Waals surface area contributed by atoms with Crippen LogP contribution < -0.4 is 5.46 Å². The second-order valence-corrected chi connectivity index (χ2v) is 2.22. The van der Waals surface area contributed by atoms with Crippen molar-refractivity contribution in [3.05, 3.63) is 23.8 Å². The van der Waals surface area contributed by atoms with Crippen LogP contribution in [0.3, 0.4) is 0 Å². The van der Waals surface area contributed by atoms with E-state index in [0.29, 0.717) is 11.0 Å². The van der Waals surface area contributed by atoms with E-state index in [-0.39, 0.29) is 12.2 Å². The van der Waals surface area contributed by atoms with Crippen molar-refractivity contribution in [2.45, 2.75) is 6.42 Å². The Balaban J connectivity index is 3.05. The van der Waals surface area contributed by atoms with Crippen molar-refractivity contribution in [3.8, 4) is 11.8 Å². The fourth-order valence-corrected chi connectivity index (χ4v) is 0.830. The molecule has 3 heteroatoms. The van der Waals surface area contributed by atoms with Gasteiger partial charge in [0.15, 0.2) is 0 Å². The van der Waals surface area contributed by atoms with Gasteiger partial charge in [-0.15, -0.1) is 0 Å². The summed E-state index contributed by atoms with van der Waals surface area (Å²) in [5.41, 5.74) is 1.22. The molecule has 0 aliphatic heterocycles. The molecule has 0 unspecified atom stereocenters. The maximum atomic E-state index is 9.00. The summed E-state index contributed by atoms with van der Waals surface area (Å²) in [6, 6.07) is 6.54. The summed E-state index contributed by atoms with van der Waals surface area (Å²) in [5.74, 6) is 0.143. The van der Waals surface area contributed by atoms with Crippen molar-refractivity contribution >= 4 is 13.3 Å². The van der Waals surface area contributed by atoms with Gasteiger partial charge >= 0.3 is 0 Å². The lowest BCUT2D eigenvalue weighted by atomic mass is 9.89. The lowest BCUT2D eigenvalue weighted by Crippen LogP contribution is -2.08. The van der Waals surface area contributed by atoms with Gasteiger partial charge in [0.2, 0.25) is 0 Å². The summed E-state index contributed by atoms with van der Waals surface area (Å²) in [5, 5.41) is 17.3. The molecule has 2 nitrogen and oxygen atoms in total. The minimum atomic E-state index is 0.143. The Hall–Kier alpha value is -1.43. The average molecular weight is 143 g/mol. The van der Waals surface area contributed by atoms with Crippen LogP contribution in [0.1, 0.15) is 5.56 Å². The number of phenols is 1. The van der Waals surface area contributed by atoms with E-state index in [4.69, 9.17) is 18.2 Å². The third-order valence-corrected chi connectivity index (χ3v) is 1.40. The van der Waals surface area contributed by atoms with Crippen molar-refractivity contribution in [2.24, 2.45) is 0 Å². The van der Waals surface area contributed by atoms with E-state index in [0.717, 1.165) is 0 Å². The van der Waals surface area contributed by atoms with E-state index in [1.807, 2.05) is 6.07 Å². The first-order valence-electron chi connectivity index (χ1n) is 3.18. The molecule has 0 spiro atoms. The van der Waals surface area contributed by atoms with Gasteiger partial charge in [0.05, 0.1) is 12.5 Å². The van der Waals surface area contributed by atoms with Crippen molar-refractivity contribution in [1.82, 2.24) is 0 Å². The fourth-order valence-electron chi connectivity index (χ4n) is 0.830. The third kappa shape index (κ3) is 1.75. The average Bonchev–Trinajstić information content (AvgIpc) is 1.98. The molecule has 1 aromatic rings. The zero-order valence-electron chi connectivity index (χ0n) is 5.91. The van der Waals surface area contributed by atoms with Crippen LogP contribution in [0.4, 0.5) is 0 Å². The van der Waals surface area contributed by atoms with Crippen LogP contribution in [0.2, 0.25) is 0 Å². The van der Waals surface area contributed by atoms with Gasteiger partial charge in [0.1, 0.15) is 13.6 Å². The summed E-state index contributed by atoms with van der Waals surface area (Å²) < 4.78 is 0. The number of nitriles is 1. The molecule has 1 aromatic carbocycles. The Bertz CT molecular complexity index is 303. The first kappa shape index (κ1) is 7.68. The van der Waals surface area contributed by atoms with Crippen LogP contribution in [0.15, 0.2) is 18.2 Å². The first-order chi connectivity index (χ1) is 5.24. The number of nitrogens with zero attached hydrogens (tertiary/aromatic N) is 1. The Kier molecular flexibility index (Phi) is 2.17. The molecule has 0 aliphatic rings. The van der Waals surface area contributed by atoms with Gasteiger partial charge in [-0.3, -0.25) is 0 Å². The topological polar surface area (TPSA) is 44.0 Å². The molecule has 0 aliphatic carbocycles. The smallest absolute Gasteiger partial charge is 0.115 e. The Morgan fingerprint density at radius 3 is 2.91 bits per heavy atom. The molecular weight excluding hydrogens is 137 g/mol. The molecule has 0 bridgehead atoms. The van der Waals surface area contributed by atoms with Gasteiger partial charge in [-0.2, -0.15) is 5.26 Å². The van der Waals surface area contributed by atoms with Crippen LogP contribution >= 0.6 is 0 Å². The van der Waals surface area contributed by atoms with Crippen LogP contribution in [0.5, 0.6) is 5.75 Å². The molecule has 0 saturated heterocycles. The summed E-state index contributed by atoms with van der Waals surface area (Å²) in [7, 11) is 5.51. The third-order valence-electron chi connectivity index (χ3n) is 1.40. The monoisotopic (exact) mass is 143 g/mol. The van der Waals surface area contributed by atoms with Crippen LogP contribution in [0, 0.1) is 11.3 Å². The Morgan fingerprint density at radius 1 is 1.55 bits per heavy atom. The number of hydrogen-bond donors (Lipinski definition) is 1. The van der Waals surface area contributed by atoms with E-state index in [1.165, 1.54) is 12.1 Å². The second-order valence-electron chi connectivity index (χ2n) is 2.22. The summed E-state index contributed by atoms with van der Waals surface area (Å²) in [6.45, 7) is 0. The number of aromatic hydroxyl groups is 1. The van der Waals surface area contributed by atoms with E-state index in [2.05, 4.69) is 0 Å². The molecular formula is C8H6BNO. The maximum absolute atomic E-state index is 9.00. The van der Waals surface area contributed by atoms with Crippen LogP contribution in [-0.4, -0.2) is 13.0 Å². The molecule has 0 fully saturated rings. The highest BCUT2D eigenvalue weighted by Gasteiger charge is 1.97. The van der Waals surface area contributed by atoms with Crippen molar-refractivity contribution < 1.29 is 5.11 Å². The predicted molar refractivity (Wildman–Crippen MR) is 42.8 cm³/mol. The molecule has 11 heavy (non-hydrogen) atoms. The van der Waals surface area contributed by atoms with Crippen molar-refractivity contribution in [2.75, 3.05) is 0 Å². The zero-order chi connectivity index (χ0) is 8.27. The van der Waals surface area contributed by atoms with Gasteiger partial charge in [0.25, 0.3) is 0 Å². The van der Waals surface area contributed by atoms with Crippen molar-refractivity contribution in [3.63, 3.8) is 0 Å². The highest BCUT2D eigenvalue weighted by molar-refractivity contribution is 6.33. The Labute approximate surface area is 66.5 Å². The van der Waals surface area contributed by atoms with Crippen LogP contribution in [-0.2, 0) is 6.42 Å². The zero-order valence-corrected chi connectivity index (χ0v) is 5.91. The van der Waals surface area contributed by atoms with Crippen LogP contribution in [0.25, 0.3) is 0 Å². The van der Waals surface area contributed by atoms with Gasteiger partial charge in [-0.05, 0) is 17.7 Å². The molecule has 1 rings (SSSR count). The highest BCUT2D eigenvalue weighted by atomic mass is 16.3. The van der Waals surface area contributed by atoms with E-state index in [1.54, 1.807) is 6.07 Å². The SMILES string of the molecule is [B]c1ccc(O)cc1CC#N. The number of rotatable bonds is 1. The summed E-state index contributed by atoms with van der Waals surface area (Å²) >= 11 is 0. The maximum Gasteiger partial charge on any atom is 0.115 e. The standard InChI is InChI=1S/C8H6BNO/c9-8-2-1-7(11)5-6(8)3-4-10/h1-2,5,11H,3H2. The second kappa shape index (κ2) is 3.11. The largest absolute Gasteiger partial charge is 0.508 e. The summed E-state index contributed by atoms with van der Waals surface area (Å²) in [4.78, 5) is 0. The first-order valence-corrected chi connectivity index (χ1v) is 3.18. The minimum absolute atomic E-state index is 0.143. The molecule has 0 amide bonds. The number of benzene rings is 1. The lowest BCUT2D eigenvalue weighted by Gasteiger charge is -2.00. The van der Waals surface area contributed by atoms with E-state index < -0.39 is 0 Å². The predicted octanol–water partition coefficient (Wildman–Crippen LogP) is 0.252. The van der Waals surface area contributed by atoms with Gasteiger partial charge < -0.3 is 5.11 Å². The number of hydrogen-bond acceptors (Lipinski definition) is 2. The molecule has 0 heterocycles. The molecule has 0 aromatic heterocycles. The molecule has 1 N–H and O–H groups in total. The summed E-state index contributed by atoms with van der Waals surface area (Å²) in [6.07, 6.45) is 0.236. The quantitative estimate of drug-likeness (QED) is 0.572. The van der Waals surface area contributed by atoms with E-state index >= 15 is 0 Å². The molecule has 2 radical (unpaired) electrons. The molecule has 0 atom stereocenters. The molecule has 52 valence electrons. The Morgan fingerprint density at radius 2 is 2.27 bits per heavy atom. The van der Waals surface area contributed by atoms with Gasteiger partial charge in [-0.1, -0.05) is 11.5 Å². The van der Waals surface area contributed by atoms with Gasteiger partial charge in [0, 0.05) is 0 Å².